The molecule has 0 N–H and O–H groups in total. The van der Waals surface area contributed by atoms with Crippen molar-refractivity contribution in [3.8, 4) is 5.69 Å². The molecule has 2 aliphatic rings. The smallest absolute Gasteiger partial charge is 0.310 e. The highest BCUT2D eigenvalue weighted by molar-refractivity contribution is 5.94. The first-order valence-corrected chi connectivity index (χ1v) is 9.91. The van der Waals surface area contributed by atoms with Crippen LogP contribution in [0, 0.1) is 11.7 Å². The van der Waals surface area contributed by atoms with Crippen molar-refractivity contribution in [3.63, 3.8) is 0 Å². The minimum atomic E-state index is -0.304. The Kier molecular flexibility index (Phi) is 5.15. The molecule has 0 spiro atoms. The Morgan fingerprint density at radius 2 is 2.00 bits per heavy atom. The molecular formula is C21H24FN3O3. The van der Waals surface area contributed by atoms with Crippen molar-refractivity contribution in [2.45, 2.75) is 39.0 Å². The van der Waals surface area contributed by atoms with Gasteiger partial charge in [0.2, 0.25) is 0 Å². The molecule has 6 nitrogen and oxygen atoms in total. The van der Waals surface area contributed by atoms with Crippen LogP contribution in [0.25, 0.3) is 5.69 Å². The predicted octanol–water partition coefficient (Wildman–Crippen LogP) is 2.92. The lowest BCUT2D eigenvalue weighted by Crippen LogP contribution is -2.43. The van der Waals surface area contributed by atoms with Gasteiger partial charge >= 0.3 is 5.97 Å². The van der Waals surface area contributed by atoms with Crippen LogP contribution >= 0.6 is 0 Å². The first-order chi connectivity index (χ1) is 13.6. The molecule has 1 aromatic heterocycles. The number of carbonyl (C=O) groups is 2. The van der Waals surface area contributed by atoms with Crippen LogP contribution in [-0.4, -0.2) is 46.3 Å². The predicted molar refractivity (Wildman–Crippen MR) is 101 cm³/mol. The Balaban J connectivity index is 1.60. The summed E-state index contributed by atoms with van der Waals surface area (Å²) >= 11 is 0. The van der Waals surface area contributed by atoms with E-state index in [-0.39, 0.29) is 23.6 Å². The highest BCUT2D eigenvalue weighted by Crippen LogP contribution is 2.29. The summed E-state index contributed by atoms with van der Waals surface area (Å²) in [6, 6.07) is 6.14. The summed E-state index contributed by atoms with van der Waals surface area (Å²) < 4.78 is 20.2. The first-order valence-electron chi connectivity index (χ1n) is 9.91. The van der Waals surface area contributed by atoms with Gasteiger partial charge in [0.25, 0.3) is 5.91 Å². The van der Waals surface area contributed by atoms with Gasteiger partial charge in [0, 0.05) is 24.3 Å². The zero-order valence-electron chi connectivity index (χ0n) is 16.0. The van der Waals surface area contributed by atoms with Gasteiger partial charge in [-0.15, -0.1) is 0 Å². The number of rotatable bonds is 4. The van der Waals surface area contributed by atoms with Crippen molar-refractivity contribution >= 4 is 11.9 Å². The Labute approximate surface area is 163 Å². The monoisotopic (exact) mass is 385 g/mol. The molecule has 2 heterocycles. The lowest BCUT2D eigenvalue weighted by Gasteiger charge is -2.31. The third-order valence-corrected chi connectivity index (χ3v) is 5.53. The van der Waals surface area contributed by atoms with Crippen LogP contribution in [-0.2, 0) is 22.4 Å². The molecule has 1 saturated heterocycles. The highest BCUT2D eigenvalue weighted by Gasteiger charge is 2.34. The molecule has 0 radical (unpaired) electrons. The Morgan fingerprint density at radius 3 is 2.75 bits per heavy atom. The van der Waals surface area contributed by atoms with Crippen LogP contribution < -0.4 is 0 Å². The van der Waals surface area contributed by atoms with E-state index in [4.69, 9.17) is 4.74 Å². The molecule has 1 atom stereocenters. The van der Waals surface area contributed by atoms with Crippen molar-refractivity contribution in [3.05, 3.63) is 47.0 Å². The van der Waals surface area contributed by atoms with E-state index in [9.17, 15) is 14.0 Å². The minimum absolute atomic E-state index is 0.131. The van der Waals surface area contributed by atoms with Crippen LogP contribution in [0.5, 0.6) is 0 Å². The molecular weight excluding hydrogens is 361 g/mol. The van der Waals surface area contributed by atoms with Gasteiger partial charge in [-0.25, -0.2) is 9.07 Å². The third kappa shape index (κ3) is 3.41. The molecule has 148 valence electrons. The van der Waals surface area contributed by atoms with Gasteiger partial charge in [0.1, 0.15) is 5.82 Å². The van der Waals surface area contributed by atoms with E-state index in [0.717, 1.165) is 49.0 Å². The molecule has 28 heavy (non-hydrogen) atoms. The molecule has 4 rings (SSSR count). The molecule has 1 aromatic carbocycles. The van der Waals surface area contributed by atoms with E-state index >= 15 is 0 Å². The van der Waals surface area contributed by atoms with Crippen molar-refractivity contribution in [1.29, 1.82) is 0 Å². The minimum Gasteiger partial charge on any atom is -0.466 e. The molecule has 1 aliphatic heterocycles. The van der Waals surface area contributed by atoms with Crippen molar-refractivity contribution in [2.75, 3.05) is 19.7 Å². The number of fused-ring (bicyclic) bond motifs is 1. The van der Waals surface area contributed by atoms with Crippen LogP contribution in [0.1, 0.15) is 47.9 Å². The molecule has 1 aliphatic carbocycles. The number of amides is 1. The van der Waals surface area contributed by atoms with E-state index in [1.807, 2.05) is 0 Å². The lowest BCUT2D eigenvalue weighted by molar-refractivity contribution is -0.149. The van der Waals surface area contributed by atoms with E-state index in [2.05, 4.69) is 5.10 Å². The number of benzene rings is 1. The Bertz CT molecular complexity index is 891. The van der Waals surface area contributed by atoms with Gasteiger partial charge in [0.15, 0.2) is 5.69 Å². The summed E-state index contributed by atoms with van der Waals surface area (Å²) in [6.45, 7) is 3.12. The van der Waals surface area contributed by atoms with E-state index in [0.29, 0.717) is 25.4 Å². The maximum Gasteiger partial charge on any atom is 0.310 e. The average molecular weight is 385 g/mol. The van der Waals surface area contributed by atoms with E-state index in [1.54, 1.807) is 28.6 Å². The number of halogens is 1. The number of ether oxygens (including phenoxy) is 1. The van der Waals surface area contributed by atoms with Gasteiger partial charge in [0.05, 0.1) is 18.2 Å². The van der Waals surface area contributed by atoms with Crippen LogP contribution in [0.2, 0.25) is 0 Å². The summed E-state index contributed by atoms with van der Waals surface area (Å²) in [5, 5.41) is 4.60. The second-order valence-electron chi connectivity index (χ2n) is 7.36. The number of hydrogen-bond acceptors (Lipinski definition) is 4. The summed E-state index contributed by atoms with van der Waals surface area (Å²) in [5.41, 5.74) is 3.21. The van der Waals surface area contributed by atoms with Crippen LogP contribution in [0.15, 0.2) is 24.3 Å². The average Bonchev–Trinajstić information content (AvgIpc) is 3.31. The fourth-order valence-electron chi connectivity index (χ4n) is 4.17. The van der Waals surface area contributed by atoms with Crippen LogP contribution in [0.4, 0.5) is 4.39 Å². The first kappa shape index (κ1) is 18.7. The topological polar surface area (TPSA) is 64.4 Å². The summed E-state index contributed by atoms with van der Waals surface area (Å²) in [4.78, 5) is 27.0. The van der Waals surface area contributed by atoms with Gasteiger partial charge in [-0.2, -0.15) is 5.10 Å². The Hall–Kier alpha value is -2.70. The largest absolute Gasteiger partial charge is 0.466 e. The quantitative estimate of drug-likeness (QED) is 0.759. The van der Waals surface area contributed by atoms with Crippen molar-refractivity contribution in [1.82, 2.24) is 14.7 Å². The second kappa shape index (κ2) is 7.73. The number of carbonyl (C=O) groups excluding carboxylic acids is 2. The maximum atomic E-state index is 13.3. The molecule has 0 saturated carbocycles. The molecule has 0 bridgehead atoms. The van der Waals surface area contributed by atoms with E-state index in [1.165, 1.54) is 12.1 Å². The lowest BCUT2D eigenvalue weighted by atomic mass is 9.97. The normalized spacial score (nSPS) is 18.8. The fraction of sp³-hybridized carbons (Fsp3) is 0.476. The number of esters is 1. The molecule has 1 amide bonds. The summed E-state index contributed by atoms with van der Waals surface area (Å²) in [7, 11) is 0. The van der Waals surface area contributed by atoms with Crippen molar-refractivity contribution in [2.24, 2.45) is 5.92 Å². The summed E-state index contributed by atoms with van der Waals surface area (Å²) in [5.74, 6) is -0.942. The molecule has 2 aromatic rings. The standard InChI is InChI=1S/C21H24FN3O3/c1-2-28-21(27)14-5-4-12-24(13-14)20(26)19-17-6-3-7-18(17)25(23-19)16-10-8-15(22)9-11-16/h8-11,14H,2-7,12-13H2,1H3/t14-/m1/s1. The van der Waals surface area contributed by atoms with Gasteiger partial charge in [-0.05, 0) is 63.3 Å². The summed E-state index contributed by atoms with van der Waals surface area (Å²) in [6.07, 6.45) is 4.14. The second-order valence-corrected chi connectivity index (χ2v) is 7.36. The van der Waals surface area contributed by atoms with Crippen molar-refractivity contribution < 1.29 is 18.7 Å². The molecule has 0 unspecified atom stereocenters. The fourth-order valence-corrected chi connectivity index (χ4v) is 4.17. The van der Waals surface area contributed by atoms with E-state index < -0.39 is 0 Å². The zero-order chi connectivity index (χ0) is 19.7. The third-order valence-electron chi connectivity index (χ3n) is 5.53. The van der Waals surface area contributed by atoms with Gasteiger partial charge < -0.3 is 9.64 Å². The number of likely N-dealkylation sites (tertiary alicyclic amines) is 1. The molecule has 7 heteroatoms. The van der Waals surface area contributed by atoms with Gasteiger partial charge in [-0.3, -0.25) is 9.59 Å². The zero-order valence-corrected chi connectivity index (χ0v) is 16.0. The number of nitrogens with zero attached hydrogens (tertiary/aromatic N) is 3. The Morgan fingerprint density at radius 1 is 1.21 bits per heavy atom. The number of hydrogen-bond donors (Lipinski definition) is 0. The highest BCUT2D eigenvalue weighted by atomic mass is 19.1. The maximum absolute atomic E-state index is 13.3. The SMILES string of the molecule is CCOC(=O)[C@@H]1CCCN(C(=O)c2nn(-c3ccc(F)cc3)c3c2CCC3)C1. The number of piperidine rings is 1. The number of aromatic nitrogens is 2. The van der Waals surface area contributed by atoms with Crippen LogP contribution in [0.3, 0.4) is 0 Å². The molecule has 1 fully saturated rings. The van der Waals surface area contributed by atoms with Gasteiger partial charge in [-0.1, -0.05) is 0 Å².